The van der Waals surface area contributed by atoms with Gasteiger partial charge in [-0.15, -0.1) is 0 Å². The fourth-order valence-corrected chi connectivity index (χ4v) is 1.79. The second kappa shape index (κ2) is 7.15. The van der Waals surface area contributed by atoms with Crippen molar-refractivity contribution in [3.05, 3.63) is 0 Å². The third kappa shape index (κ3) is 6.08. The van der Waals surface area contributed by atoms with Crippen LogP contribution in [0.3, 0.4) is 0 Å². The first-order chi connectivity index (χ1) is 6.94. The summed E-state index contributed by atoms with van der Waals surface area (Å²) in [6, 6.07) is 0. The van der Waals surface area contributed by atoms with E-state index in [1.165, 1.54) is 0 Å². The van der Waals surface area contributed by atoms with Crippen LogP contribution in [-0.4, -0.2) is 17.0 Å². The van der Waals surface area contributed by atoms with Gasteiger partial charge in [0, 0.05) is 6.92 Å². The SMILES string of the molecule is CCCCC(CC)COP(=O)(O)C(C)=O. The molecule has 0 radical (unpaired) electrons. The molecule has 4 nitrogen and oxygen atoms in total. The van der Waals surface area contributed by atoms with Crippen LogP contribution in [0.4, 0.5) is 0 Å². The van der Waals surface area contributed by atoms with Crippen LogP contribution in [0.5, 0.6) is 0 Å². The van der Waals surface area contributed by atoms with Gasteiger partial charge in [0.1, 0.15) is 0 Å². The summed E-state index contributed by atoms with van der Waals surface area (Å²) in [5, 5.41) is 0. The second-order valence-electron chi connectivity index (χ2n) is 3.75. The molecule has 0 aromatic carbocycles. The van der Waals surface area contributed by atoms with E-state index in [1.807, 2.05) is 6.92 Å². The summed E-state index contributed by atoms with van der Waals surface area (Å²) in [4.78, 5) is 19.9. The van der Waals surface area contributed by atoms with E-state index >= 15 is 0 Å². The maximum absolute atomic E-state index is 11.2. The minimum absolute atomic E-state index is 0.198. The molecule has 0 aliphatic carbocycles. The molecule has 15 heavy (non-hydrogen) atoms. The number of hydrogen-bond acceptors (Lipinski definition) is 3. The Hall–Kier alpha value is -0.180. The van der Waals surface area contributed by atoms with Crippen molar-refractivity contribution in [3.63, 3.8) is 0 Å². The third-order valence-corrected chi connectivity index (χ3v) is 3.72. The second-order valence-corrected chi connectivity index (χ2v) is 5.68. The molecular formula is C10H21O4P. The van der Waals surface area contributed by atoms with Gasteiger partial charge in [0.2, 0.25) is 5.52 Å². The zero-order valence-corrected chi connectivity index (χ0v) is 10.6. The van der Waals surface area contributed by atoms with E-state index in [2.05, 4.69) is 6.92 Å². The zero-order valence-electron chi connectivity index (χ0n) is 9.73. The molecule has 2 unspecified atom stereocenters. The van der Waals surface area contributed by atoms with Crippen LogP contribution in [0.25, 0.3) is 0 Å². The van der Waals surface area contributed by atoms with Gasteiger partial charge in [-0.2, -0.15) is 0 Å². The van der Waals surface area contributed by atoms with Gasteiger partial charge in [-0.1, -0.05) is 33.1 Å². The molecule has 0 amide bonds. The number of carbonyl (C=O) groups excluding carboxylic acids is 1. The minimum atomic E-state index is -4.00. The fraction of sp³-hybridized carbons (Fsp3) is 0.900. The predicted molar refractivity (Wildman–Crippen MR) is 59.8 cm³/mol. The molecule has 1 N–H and O–H groups in total. The van der Waals surface area contributed by atoms with E-state index in [0.29, 0.717) is 0 Å². The average molecular weight is 236 g/mol. The highest BCUT2D eigenvalue weighted by Gasteiger charge is 2.26. The van der Waals surface area contributed by atoms with E-state index in [4.69, 9.17) is 9.42 Å². The Kier molecular flexibility index (Phi) is 7.07. The zero-order chi connectivity index (χ0) is 11.9. The van der Waals surface area contributed by atoms with Crippen molar-refractivity contribution in [3.8, 4) is 0 Å². The highest BCUT2D eigenvalue weighted by molar-refractivity contribution is 7.70. The van der Waals surface area contributed by atoms with Gasteiger partial charge in [-0.3, -0.25) is 9.36 Å². The summed E-state index contributed by atoms with van der Waals surface area (Å²) in [6.07, 6.45) is 4.06. The highest BCUT2D eigenvalue weighted by Crippen LogP contribution is 2.43. The molecule has 0 bridgehead atoms. The molecule has 0 rings (SSSR count). The van der Waals surface area contributed by atoms with E-state index < -0.39 is 13.1 Å². The first-order valence-corrected chi connectivity index (χ1v) is 7.00. The number of rotatable bonds is 8. The standard InChI is InChI=1S/C10H21O4P/c1-4-6-7-10(5-2)8-14-15(12,13)9(3)11/h10H,4-8H2,1-3H3,(H,12,13). The maximum Gasteiger partial charge on any atom is 0.393 e. The van der Waals surface area contributed by atoms with E-state index in [1.54, 1.807) is 0 Å². The third-order valence-electron chi connectivity index (χ3n) is 2.43. The van der Waals surface area contributed by atoms with E-state index in [9.17, 15) is 9.36 Å². The Morgan fingerprint density at radius 2 is 2.07 bits per heavy atom. The normalized spacial score (nSPS) is 17.1. The Labute approximate surface area is 91.6 Å². The lowest BCUT2D eigenvalue weighted by atomic mass is 10.0. The molecule has 0 aromatic rings. The Balaban J connectivity index is 4.00. The van der Waals surface area contributed by atoms with Crippen LogP contribution >= 0.6 is 7.60 Å². The average Bonchev–Trinajstić information content (AvgIpc) is 2.18. The van der Waals surface area contributed by atoms with Crippen LogP contribution in [0.2, 0.25) is 0 Å². The van der Waals surface area contributed by atoms with Crippen molar-refractivity contribution in [1.82, 2.24) is 0 Å². The first kappa shape index (κ1) is 14.8. The number of hydrogen-bond donors (Lipinski definition) is 1. The molecule has 0 aliphatic heterocycles. The summed E-state index contributed by atoms with van der Waals surface area (Å²) in [7, 11) is -4.00. The smallest absolute Gasteiger partial charge is 0.319 e. The first-order valence-electron chi connectivity index (χ1n) is 5.42. The van der Waals surface area contributed by atoms with Gasteiger partial charge in [-0.05, 0) is 12.3 Å². The summed E-state index contributed by atoms with van der Waals surface area (Å²) in [5.41, 5.74) is -0.784. The van der Waals surface area contributed by atoms with Crippen LogP contribution < -0.4 is 0 Å². The molecule has 0 heterocycles. The van der Waals surface area contributed by atoms with Crippen molar-refractivity contribution in [2.24, 2.45) is 5.92 Å². The largest absolute Gasteiger partial charge is 0.393 e. The van der Waals surface area contributed by atoms with Crippen molar-refractivity contribution in [2.45, 2.75) is 46.5 Å². The molecule has 5 heteroatoms. The van der Waals surface area contributed by atoms with Gasteiger partial charge in [0.05, 0.1) is 6.61 Å². The van der Waals surface area contributed by atoms with Crippen LogP contribution in [0.1, 0.15) is 46.5 Å². The number of carbonyl (C=O) groups is 1. The molecule has 0 spiro atoms. The summed E-state index contributed by atoms with van der Waals surface area (Å²) >= 11 is 0. The lowest BCUT2D eigenvalue weighted by Gasteiger charge is -2.16. The van der Waals surface area contributed by atoms with Crippen LogP contribution in [0.15, 0.2) is 0 Å². The maximum atomic E-state index is 11.2. The summed E-state index contributed by atoms with van der Waals surface area (Å²) in [6.45, 7) is 5.39. The van der Waals surface area contributed by atoms with Crippen molar-refractivity contribution in [1.29, 1.82) is 0 Å². The fourth-order valence-electron chi connectivity index (χ4n) is 1.20. The van der Waals surface area contributed by atoms with Crippen LogP contribution in [0, 0.1) is 5.92 Å². The highest BCUT2D eigenvalue weighted by atomic mass is 31.2. The molecule has 90 valence electrons. The van der Waals surface area contributed by atoms with Crippen molar-refractivity contribution < 1.29 is 18.8 Å². The van der Waals surface area contributed by atoms with Crippen molar-refractivity contribution >= 4 is 13.1 Å². The monoisotopic (exact) mass is 236 g/mol. The molecule has 0 saturated heterocycles. The number of unbranched alkanes of at least 4 members (excludes halogenated alkanes) is 1. The topological polar surface area (TPSA) is 63.6 Å². The Morgan fingerprint density at radius 1 is 1.47 bits per heavy atom. The van der Waals surface area contributed by atoms with E-state index in [0.717, 1.165) is 32.6 Å². The Morgan fingerprint density at radius 3 is 2.47 bits per heavy atom. The summed E-state index contributed by atoms with van der Waals surface area (Å²) < 4.78 is 16.0. The van der Waals surface area contributed by atoms with E-state index in [-0.39, 0.29) is 12.5 Å². The predicted octanol–water partition coefficient (Wildman–Crippen LogP) is 2.95. The molecule has 0 aliphatic rings. The van der Waals surface area contributed by atoms with Gasteiger partial charge >= 0.3 is 7.60 Å². The van der Waals surface area contributed by atoms with Crippen LogP contribution in [-0.2, 0) is 13.9 Å². The lowest BCUT2D eigenvalue weighted by Crippen LogP contribution is -2.09. The van der Waals surface area contributed by atoms with Gasteiger partial charge in [-0.25, -0.2) is 0 Å². The Bertz CT molecular complexity index is 240. The molecule has 0 fully saturated rings. The van der Waals surface area contributed by atoms with Crippen molar-refractivity contribution in [2.75, 3.05) is 6.61 Å². The lowest BCUT2D eigenvalue weighted by molar-refractivity contribution is -0.111. The van der Waals surface area contributed by atoms with Gasteiger partial charge in [0.25, 0.3) is 0 Å². The minimum Gasteiger partial charge on any atom is -0.319 e. The quantitative estimate of drug-likeness (QED) is 0.658. The summed E-state index contributed by atoms with van der Waals surface area (Å²) in [5.74, 6) is 0.268. The molecule has 0 aromatic heterocycles. The molecular weight excluding hydrogens is 215 g/mol. The molecule has 2 atom stereocenters. The van der Waals surface area contributed by atoms with Gasteiger partial charge < -0.3 is 9.42 Å². The van der Waals surface area contributed by atoms with Gasteiger partial charge in [0.15, 0.2) is 0 Å². The molecule has 0 saturated carbocycles.